The second-order valence-corrected chi connectivity index (χ2v) is 8.95. The van der Waals surface area contributed by atoms with Gasteiger partial charge < -0.3 is 9.42 Å². The lowest BCUT2D eigenvalue weighted by molar-refractivity contribution is -0.135. The van der Waals surface area contributed by atoms with Crippen molar-refractivity contribution in [3.63, 3.8) is 0 Å². The highest BCUT2D eigenvalue weighted by molar-refractivity contribution is 7.89. The van der Waals surface area contributed by atoms with E-state index in [9.17, 15) is 13.2 Å². The summed E-state index contributed by atoms with van der Waals surface area (Å²) in [4.78, 5) is 14.6. The molecule has 27 heavy (non-hydrogen) atoms. The smallest absolute Gasteiger partial charge is 0.248 e. The van der Waals surface area contributed by atoms with Gasteiger partial charge in [-0.25, -0.2) is 8.42 Å². The largest absolute Gasteiger partial charge is 0.360 e. The van der Waals surface area contributed by atoms with Crippen molar-refractivity contribution >= 4 is 15.9 Å². The minimum absolute atomic E-state index is 0.0579. The molecule has 1 amide bonds. The molecule has 0 aromatic carbocycles. The van der Waals surface area contributed by atoms with Crippen LogP contribution in [0.3, 0.4) is 0 Å². The van der Waals surface area contributed by atoms with E-state index in [0.29, 0.717) is 31.6 Å². The Bertz CT molecular complexity index is 914. The number of amides is 1. The van der Waals surface area contributed by atoms with Crippen LogP contribution in [0.2, 0.25) is 0 Å². The summed E-state index contributed by atoms with van der Waals surface area (Å²) < 4.78 is 34.1. The predicted molar refractivity (Wildman–Crippen MR) is 97.1 cm³/mol. The molecule has 2 aromatic heterocycles. The average molecular weight is 395 g/mol. The lowest BCUT2D eigenvalue weighted by atomic mass is 9.98. The van der Waals surface area contributed by atoms with Gasteiger partial charge in [-0.05, 0) is 26.7 Å². The van der Waals surface area contributed by atoms with E-state index in [1.165, 1.54) is 4.31 Å². The van der Waals surface area contributed by atoms with Crippen molar-refractivity contribution in [2.24, 2.45) is 13.0 Å². The Kier molecular flexibility index (Phi) is 5.38. The van der Waals surface area contributed by atoms with Crippen LogP contribution in [0.25, 0.3) is 0 Å². The van der Waals surface area contributed by atoms with Crippen LogP contribution in [0.1, 0.15) is 29.9 Å². The van der Waals surface area contributed by atoms with Crippen LogP contribution in [0.5, 0.6) is 0 Å². The molecule has 1 saturated heterocycles. The van der Waals surface area contributed by atoms with Crippen LogP contribution in [0, 0.1) is 19.8 Å². The molecule has 1 atom stereocenters. The van der Waals surface area contributed by atoms with Gasteiger partial charge in [-0.1, -0.05) is 5.16 Å². The van der Waals surface area contributed by atoms with E-state index in [4.69, 9.17) is 4.52 Å². The van der Waals surface area contributed by atoms with Gasteiger partial charge in [-0.2, -0.15) is 9.40 Å². The van der Waals surface area contributed by atoms with Crippen LogP contribution in [-0.2, 0) is 28.4 Å². The summed E-state index contributed by atoms with van der Waals surface area (Å²) in [5.74, 6) is -0.150. The fourth-order valence-electron chi connectivity index (χ4n) is 3.55. The van der Waals surface area contributed by atoms with Gasteiger partial charge >= 0.3 is 0 Å². The summed E-state index contributed by atoms with van der Waals surface area (Å²) >= 11 is 0. The standard InChI is InChI=1S/C17H25N5O4S/c1-12-16(13(2)26-19-12)27(24,25)22-7-5-6-15(11-22)17(23)20(3)9-14-8-18-21(4)10-14/h8,10,15H,5-7,9,11H2,1-4H3. The predicted octanol–water partition coefficient (Wildman–Crippen LogP) is 1.08. The summed E-state index contributed by atoms with van der Waals surface area (Å²) in [6, 6.07) is 0. The monoisotopic (exact) mass is 395 g/mol. The highest BCUT2D eigenvalue weighted by Gasteiger charge is 2.37. The summed E-state index contributed by atoms with van der Waals surface area (Å²) in [6.07, 6.45) is 4.89. The Balaban J connectivity index is 1.72. The molecule has 148 valence electrons. The molecule has 0 N–H and O–H groups in total. The van der Waals surface area contributed by atoms with Crippen LogP contribution in [0.4, 0.5) is 0 Å². The summed E-state index contributed by atoms with van der Waals surface area (Å²) in [5.41, 5.74) is 1.28. The van der Waals surface area contributed by atoms with Gasteiger partial charge in [0, 0.05) is 45.5 Å². The molecule has 0 aliphatic carbocycles. The summed E-state index contributed by atoms with van der Waals surface area (Å²) in [6.45, 7) is 4.20. The molecule has 1 unspecified atom stereocenters. The minimum atomic E-state index is -3.73. The van der Waals surface area contributed by atoms with Gasteiger partial charge in [0.25, 0.3) is 0 Å². The molecule has 10 heteroatoms. The maximum absolute atomic E-state index is 13.0. The quantitative estimate of drug-likeness (QED) is 0.751. The fraction of sp³-hybridized carbons (Fsp3) is 0.588. The van der Waals surface area contributed by atoms with Gasteiger partial charge in [0.1, 0.15) is 10.6 Å². The molecule has 0 saturated carbocycles. The zero-order chi connectivity index (χ0) is 19.8. The van der Waals surface area contributed by atoms with Crippen molar-refractivity contribution in [3.8, 4) is 0 Å². The molecule has 1 aliphatic heterocycles. The topological polar surface area (TPSA) is 102 Å². The zero-order valence-corrected chi connectivity index (χ0v) is 16.9. The Morgan fingerprint density at radius 1 is 1.41 bits per heavy atom. The summed E-state index contributed by atoms with van der Waals surface area (Å²) in [5, 5.41) is 7.85. The first-order valence-electron chi connectivity index (χ1n) is 8.85. The van der Waals surface area contributed by atoms with Crippen LogP contribution in [-0.4, -0.2) is 58.6 Å². The number of piperidine rings is 1. The normalized spacial score (nSPS) is 18.6. The zero-order valence-electron chi connectivity index (χ0n) is 16.0. The van der Waals surface area contributed by atoms with E-state index in [2.05, 4.69) is 10.3 Å². The third-order valence-electron chi connectivity index (χ3n) is 4.85. The Labute approximate surface area is 159 Å². The minimum Gasteiger partial charge on any atom is -0.360 e. The molecular weight excluding hydrogens is 370 g/mol. The lowest BCUT2D eigenvalue weighted by Gasteiger charge is -2.33. The number of hydrogen-bond acceptors (Lipinski definition) is 6. The molecule has 3 rings (SSSR count). The van der Waals surface area contributed by atoms with Crippen molar-refractivity contribution in [1.29, 1.82) is 0 Å². The lowest BCUT2D eigenvalue weighted by Crippen LogP contribution is -2.45. The number of aromatic nitrogens is 3. The number of aryl methyl sites for hydroxylation is 3. The molecule has 0 bridgehead atoms. The van der Waals surface area contributed by atoms with E-state index in [1.807, 2.05) is 13.2 Å². The molecule has 3 heterocycles. The molecule has 1 fully saturated rings. The molecule has 2 aromatic rings. The first-order valence-corrected chi connectivity index (χ1v) is 10.3. The molecule has 1 aliphatic rings. The third-order valence-corrected chi connectivity index (χ3v) is 6.96. The Hall–Kier alpha value is -2.20. The van der Waals surface area contributed by atoms with Crippen LogP contribution < -0.4 is 0 Å². The van der Waals surface area contributed by atoms with E-state index < -0.39 is 10.0 Å². The van der Waals surface area contributed by atoms with Gasteiger partial charge in [0.05, 0.1) is 12.1 Å². The van der Waals surface area contributed by atoms with Crippen molar-refractivity contribution in [3.05, 3.63) is 29.4 Å². The molecule has 9 nitrogen and oxygen atoms in total. The number of carbonyl (C=O) groups excluding carboxylic acids is 1. The second kappa shape index (κ2) is 7.43. The average Bonchev–Trinajstić information content (AvgIpc) is 3.19. The number of sulfonamides is 1. The van der Waals surface area contributed by atoms with Crippen LogP contribution in [0.15, 0.2) is 21.8 Å². The number of nitrogens with zero attached hydrogens (tertiary/aromatic N) is 5. The van der Waals surface area contributed by atoms with Gasteiger partial charge in [0.2, 0.25) is 15.9 Å². The fourth-order valence-corrected chi connectivity index (χ4v) is 5.37. The third kappa shape index (κ3) is 3.91. The van der Waals surface area contributed by atoms with E-state index >= 15 is 0 Å². The van der Waals surface area contributed by atoms with Crippen molar-refractivity contribution in [2.45, 2.75) is 38.1 Å². The van der Waals surface area contributed by atoms with Gasteiger partial charge in [-0.3, -0.25) is 9.48 Å². The highest BCUT2D eigenvalue weighted by atomic mass is 32.2. The van der Waals surface area contributed by atoms with Crippen molar-refractivity contribution in [2.75, 3.05) is 20.1 Å². The SMILES string of the molecule is Cc1noc(C)c1S(=O)(=O)N1CCCC(C(=O)N(C)Cc2cnn(C)c2)C1. The summed E-state index contributed by atoms with van der Waals surface area (Å²) in [7, 11) is -0.178. The Morgan fingerprint density at radius 3 is 2.74 bits per heavy atom. The maximum atomic E-state index is 13.0. The molecule has 0 radical (unpaired) electrons. The maximum Gasteiger partial charge on any atom is 0.248 e. The Morgan fingerprint density at radius 2 is 2.15 bits per heavy atom. The first-order chi connectivity index (χ1) is 12.7. The number of carbonyl (C=O) groups is 1. The van der Waals surface area contributed by atoms with Gasteiger partial charge in [-0.15, -0.1) is 0 Å². The van der Waals surface area contributed by atoms with Crippen molar-refractivity contribution < 1.29 is 17.7 Å². The van der Waals surface area contributed by atoms with E-state index in [-0.39, 0.29) is 29.0 Å². The number of rotatable bonds is 5. The second-order valence-electron chi connectivity index (χ2n) is 7.07. The molecule has 0 spiro atoms. The molecular formula is C17H25N5O4S. The highest BCUT2D eigenvalue weighted by Crippen LogP contribution is 2.28. The van der Waals surface area contributed by atoms with Crippen molar-refractivity contribution in [1.82, 2.24) is 24.1 Å². The van der Waals surface area contributed by atoms with Crippen LogP contribution >= 0.6 is 0 Å². The van der Waals surface area contributed by atoms with E-state index in [1.54, 1.807) is 36.7 Å². The van der Waals surface area contributed by atoms with E-state index in [0.717, 1.165) is 5.56 Å². The number of hydrogen-bond donors (Lipinski definition) is 0. The van der Waals surface area contributed by atoms with Gasteiger partial charge in [0.15, 0.2) is 5.76 Å². The first kappa shape index (κ1) is 19.6.